The standard InChI is InChI=1S/C13H16N6O/c14-8-10-7-9(12(15)20)1-2-11(10)16-3-4-17-13-18-5-6-19-13/h1-2,5-8,14,16H,3-4H2,(H2,15,20)(H2,17,18,19). The first kappa shape index (κ1) is 13.6. The van der Waals surface area contributed by atoms with Gasteiger partial charge in [0.25, 0.3) is 0 Å². The number of hydrogen-bond donors (Lipinski definition) is 5. The van der Waals surface area contributed by atoms with Gasteiger partial charge in [0, 0.05) is 48.5 Å². The fraction of sp³-hybridized carbons (Fsp3) is 0.154. The number of H-pyrrole nitrogens is 1. The molecule has 7 nitrogen and oxygen atoms in total. The van der Waals surface area contributed by atoms with Gasteiger partial charge in [-0.2, -0.15) is 0 Å². The Hall–Kier alpha value is -2.83. The minimum Gasteiger partial charge on any atom is -0.383 e. The van der Waals surface area contributed by atoms with E-state index in [0.717, 1.165) is 5.69 Å². The second-order valence-corrected chi connectivity index (χ2v) is 4.10. The number of anilines is 2. The summed E-state index contributed by atoms with van der Waals surface area (Å²) in [6, 6.07) is 4.97. The molecule has 1 heterocycles. The van der Waals surface area contributed by atoms with Gasteiger partial charge in [0.2, 0.25) is 5.91 Å². The number of primary amides is 1. The molecule has 0 unspecified atom stereocenters. The van der Waals surface area contributed by atoms with Crippen molar-refractivity contribution in [3.63, 3.8) is 0 Å². The van der Waals surface area contributed by atoms with Crippen LogP contribution in [0.2, 0.25) is 0 Å². The van der Waals surface area contributed by atoms with Crippen LogP contribution in [0.15, 0.2) is 30.6 Å². The van der Waals surface area contributed by atoms with Gasteiger partial charge in [-0.15, -0.1) is 0 Å². The van der Waals surface area contributed by atoms with Gasteiger partial charge in [0.1, 0.15) is 0 Å². The zero-order chi connectivity index (χ0) is 14.4. The SMILES string of the molecule is N=Cc1cc(C(N)=O)ccc1NCCNc1ncc[nH]1. The van der Waals surface area contributed by atoms with Gasteiger partial charge < -0.3 is 26.8 Å². The van der Waals surface area contributed by atoms with Gasteiger partial charge in [-0.25, -0.2) is 4.98 Å². The quantitative estimate of drug-likeness (QED) is 0.382. The number of carbonyl (C=O) groups excluding carboxylic acids is 1. The molecule has 2 aromatic rings. The molecule has 0 atom stereocenters. The molecule has 0 bridgehead atoms. The summed E-state index contributed by atoms with van der Waals surface area (Å²) in [5, 5.41) is 13.7. The number of hydrogen-bond acceptors (Lipinski definition) is 5. The summed E-state index contributed by atoms with van der Waals surface area (Å²) in [6.07, 6.45) is 4.60. The lowest BCUT2D eigenvalue weighted by atomic mass is 10.1. The molecule has 1 aromatic carbocycles. The fourth-order valence-corrected chi connectivity index (χ4v) is 1.74. The first-order valence-corrected chi connectivity index (χ1v) is 6.12. The largest absolute Gasteiger partial charge is 0.383 e. The molecule has 104 valence electrons. The van der Waals surface area contributed by atoms with Gasteiger partial charge in [-0.3, -0.25) is 4.79 Å². The van der Waals surface area contributed by atoms with Crippen molar-refractivity contribution in [3.8, 4) is 0 Å². The third-order valence-corrected chi connectivity index (χ3v) is 2.72. The number of nitrogens with two attached hydrogens (primary N) is 1. The summed E-state index contributed by atoms with van der Waals surface area (Å²) in [4.78, 5) is 18.1. The predicted octanol–water partition coefficient (Wildman–Crippen LogP) is 1.03. The summed E-state index contributed by atoms with van der Waals surface area (Å²) in [5.74, 6) is 0.210. The molecule has 0 spiro atoms. The van der Waals surface area contributed by atoms with Gasteiger partial charge >= 0.3 is 0 Å². The molecular formula is C13H16N6O. The van der Waals surface area contributed by atoms with Gasteiger partial charge in [-0.05, 0) is 18.2 Å². The number of aromatic amines is 1. The van der Waals surface area contributed by atoms with Crippen molar-refractivity contribution in [2.75, 3.05) is 23.7 Å². The molecule has 0 saturated carbocycles. The highest BCUT2D eigenvalue weighted by atomic mass is 16.1. The number of imidazole rings is 1. The molecule has 0 fully saturated rings. The molecule has 0 aliphatic carbocycles. The first-order chi connectivity index (χ1) is 9.70. The van der Waals surface area contributed by atoms with Crippen LogP contribution in [-0.2, 0) is 0 Å². The summed E-state index contributed by atoms with van der Waals surface area (Å²) in [5.41, 5.74) is 7.01. The molecule has 6 N–H and O–H groups in total. The topological polar surface area (TPSA) is 120 Å². The van der Waals surface area contributed by atoms with Gasteiger partial charge in [0.15, 0.2) is 5.95 Å². The smallest absolute Gasteiger partial charge is 0.248 e. The van der Waals surface area contributed by atoms with E-state index in [0.29, 0.717) is 30.2 Å². The van der Waals surface area contributed by atoms with Crippen LogP contribution in [0.1, 0.15) is 15.9 Å². The summed E-state index contributed by atoms with van der Waals surface area (Å²) in [6.45, 7) is 1.32. The van der Waals surface area contributed by atoms with Crippen molar-refractivity contribution in [1.29, 1.82) is 5.41 Å². The Morgan fingerprint density at radius 1 is 1.40 bits per heavy atom. The summed E-state index contributed by atoms with van der Waals surface area (Å²) >= 11 is 0. The van der Waals surface area contributed by atoms with Crippen molar-refractivity contribution >= 4 is 23.8 Å². The molecule has 7 heteroatoms. The minimum absolute atomic E-state index is 0.391. The van der Waals surface area contributed by atoms with Crippen LogP contribution in [0.5, 0.6) is 0 Å². The normalized spacial score (nSPS) is 10.0. The maximum atomic E-state index is 11.1. The Bertz CT molecular complexity index is 593. The van der Waals surface area contributed by atoms with Crippen molar-refractivity contribution in [2.24, 2.45) is 5.73 Å². The zero-order valence-electron chi connectivity index (χ0n) is 10.8. The molecule has 1 amide bonds. The number of aromatic nitrogens is 2. The van der Waals surface area contributed by atoms with E-state index < -0.39 is 5.91 Å². The first-order valence-electron chi connectivity index (χ1n) is 6.12. The Kier molecular flexibility index (Phi) is 4.33. The molecule has 20 heavy (non-hydrogen) atoms. The second kappa shape index (κ2) is 6.37. The Labute approximate surface area is 116 Å². The number of benzene rings is 1. The lowest BCUT2D eigenvalue weighted by molar-refractivity contribution is 0.100. The molecule has 2 rings (SSSR count). The van der Waals surface area contributed by atoms with Crippen LogP contribution in [0.25, 0.3) is 0 Å². The van der Waals surface area contributed by atoms with E-state index in [2.05, 4.69) is 20.6 Å². The van der Waals surface area contributed by atoms with Crippen LogP contribution in [-0.4, -0.2) is 35.2 Å². The van der Waals surface area contributed by atoms with E-state index >= 15 is 0 Å². The van der Waals surface area contributed by atoms with Crippen molar-refractivity contribution in [1.82, 2.24) is 9.97 Å². The van der Waals surface area contributed by atoms with Crippen LogP contribution < -0.4 is 16.4 Å². The van der Waals surface area contributed by atoms with Gasteiger partial charge in [-0.1, -0.05) is 0 Å². The summed E-state index contributed by atoms with van der Waals surface area (Å²) in [7, 11) is 0. The molecule has 0 radical (unpaired) electrons. The van der Waals surface area contributed by atoms with E-state index in [1.807, 2.05) is 0 Å². The van der Waals surface area contributed by atoms with E-state index in [1.165, 1.54) is 6.21 Å². The van der Waals surface area contributed by atoms with Crippen LogP contribution in [0.4, 0.5) is 11.6 Å². The lowest BCUT2D eigenvalue weighted by Crippen LogP contribution is -2.16. The average Bonchev–Trinajstić information content (AvgIpc) is 2.96. The molecule has 0 aliphatic heterocycles. The van der Waals surface area contributed by atoms with Crippen molar-refractivity contribution < 1.29 is 4.79 Å². The number of carbonyl (C=O) groups is 1. The van der Waals surface area contributed by atoms with E-state index in [1.54, 1.807) is 30.6 Å². The molecule has 0 saturated heterocycles. The van der Waals surface area contributed by atoms with E-state index in [4.69, 9.17) is 11.1 Å². The number of nitrogens with one attached hydrogen (secondary N) is 4. The lowest BCUT2D eigenvalue weighted by Gasteiger charge is -2.10. The maximum absolute atomic E-state index is 11.1. The van der Waals surface area contributed by atoms with E-state index in [9.17, 15) is 4.79 Å². The summed E-state index contributed by atoms with van der Waals surface area (Å²) < 4.78 is 0. The van der Waals surface area contributed by atoms with Gasteiger partial charge in [0.05, 0.1) is 0 Å². The highest BCUT2D eigenvalue weighted by molar-refractivity contribution is 5.96. The molecule has 1 aromatic heterocycles. The minimum atomic E-state index is -0.501. The third kappa shape index (κ3) is 3.35. The van der Waals surface area contributed by atoms with E-state index in [-0.39, 0.29) is 0 Å². The number of amides is 1. The monoisotopic (exact) mass is 272 g/mol. The zero-order valence-corrected chi connectivity index (χ0v) is 10.8. The van der Waals surface area contributed by atoms with Crippen LogP contribution in [0, 0.1) is 5.41 Å². The third-order valence-electron chi connectivity index (χ3n) is 2.72. The Morgan fingerprint density at radius 3 is 2.85 bits per heavy atom. The molecular weight excluding hydrogens is 256 g/mol. The maximum Gasteiger partial charge on any atom is 0.248 e. The van der Waals surface area contributed by atoms with Crippen LogP contribution >= 0.6 is 0 Å². The highest BCUT2D eigenvalue weighted by Crippen LogP contribution is 2.15. The van der Waals surface area contributed by atoms with Crippen molar-refractivity contribution in [3.05, 3.63) is 41.7 Å². The molecule has 0 aliphatic rings. The number of rotatable bonds is 7. The Balaban J connectivity index is 1.92. The predicted molar refractivity (Wildman–Crippen MR) is 78.4 cm³/mol. The second-order valence-electron chi connectivity index (χ2n) is 4.10. The van der Waals surface area contributed by atoms with Crippen LogP contribution in [0.3, 0.4) is 0 Å². The number of nitrogens with zero attached hydrogens (tertiary/aromatic N) is 1. The average molecular weight is 272 g/mol. The fourth-order valence-electron chi connectivity index (χ4n) is 1.74. The Morgan fingerprint density at radius 2 is 2.20 bits per heavy atom. The van der Waals surface area contributed by atoms with Crippen molar-refractivity contribution in [2.45, 2.75) is 0 Å². The highest BCUT2D eigenvalue weighted by Gasteiger charge is 2.05.